The first-order valence-electron chi connectivity index (χ1n) is 7.88. The molecule has 0 saturated carbocycles. The van der Waals surface area contributed by atoms with Gasteiger partial charge in [-0.25, -0.2) is 13.1 Å². The van der Waals surface area contributed by atoms with Gasteiger partial charge in [0.05, 0.1) is 25.7 Å². The van der Waals surface area contributed by atoms with Crippen molar-refractivity contribution in [3.63, 3.8) is 0 Å². The smallest absolute Gasteiger partial charge is 0.240 e. The molecule has 0 spiro atoms. The van der Waals surface area contributed by atoms with Crippen LogP contribution in [0, 0.1) is 6.92 Å². The van der Waals surface area contributed by atoms with E-state index < -0.39 is 10.0 Å². The van der Waals surface area contributed by atoms with Gasteiger partial charge in [-0.2, -0.15) is 0 Å². The van der Waals surface area contributed by atoms with E-state index in [0.717, 1.165) is 5.75 Å². The van der Waals surface area contributed by atoms with Gasteiger partial charge in [0.15, 0.2) is 11.5 Å². The Morgan fingerprint density at radius 3 is 2.28 bits per heavy atom. The zero-order valence-electron chi connectivity index (χ0n) is 14.6. The molecule has 2 rings (SSSR count). The van der Waals surface area contributed by atoms with Gasteiger partial charge in [0.25, 0.3) is 0 Å². The number of sulfonamides is 1. The molecular formula is C18H23NO5S. The fourth-order valence-corrected chi connectivity index (χ4v) is 3.63. The summed E-state index contributed by atoms with van der Waals surface area (Å²) in [6.07, 6.45) is 0.556. The number of methoxy groups -OCH3 is 2. The molecule has 25 heavy (non-hydrogen) atoms. The Hall–Kier alpha value is -2.25. The topological polar surface area (TPSA) is 73.9 Å². The molecule has 0 fully saturated rings. The van der Waals surface area contributed by atoms with E-state index in [4.69, 9.17) is 14.2 Å². The molecule has 0 aliphatic carbocycles. The lowest BCUT2D eigenvalue weighted by molar-refractivity contribution is 0.311. The molecule has 0 unspecified atom stereocenters. The van der Waals surface area contributed by atoms with Crippen LogP contribution in [0.5, 0.6) is 17.2 Å². The molecule has 0 saturated heterocycles. The molecule has 0 aliphatic rings. The second-order valence-corrected chi connectivity index (χ2v) is 7.12. The minimum absolute atomic E-state index is 0.175. The average molecular weight is 365 g/mol. The van der Waals surface area contributed by atoms with E-state index in [0.29, 0.717) is 30.1 Å². The number of aryl methyl sites for hydroxylation is 1. The number of para-hydroxylation sites is 1. The van der Waals surface area contributed by atoms with Crippen LogP contribution in [0.4, 0.5) is 0 Å². The van der Waals surface area contributed by atoms with Gasteiger partial charge in [0, 0.05) is 12.6 Å². The van der Waals surface area contributed by atoms with Crippen LogP contribution in [0.1, 0.15) is 12.0 Å². The summed E-state index contributed by atoms with van der Waals surface area (Å²) >= 11 is 0. The number of nitrogens with one attached hydrogen (secondary N) is 1. The molecule has 0 bridgehead atoms. The van der Waals surface area contributed by atoms with Gasteiger partial charge in [-0.05, 0) is 37.1 Å². The number of hydrogen-bond donors (Lipinski definition) is 1. The van der Waals surface area contributed by atoms with E-state index in [1.165, 1.54) is 20.3 Å². The first kappa shape index (κ1) is 19.1. The maximum Gasteiger partial charge on any atom is 0.240 e. The van der Waals surface area contributed by atoms with Gasteiger partial charge in [0.1, 0.15) is 5.75 Å². The first-order valence-corrected chi connectivity index (χ1v) is 9.36. The molecular weight excluding hydrogens is 342 g/mol. The van der Waals surface area contributed by atoms with E-state index >= 15 is 0 Å². The van der Waals surface area contributed by atoms with Crippen molar-refractivity contribution in [3.8, 4) is 17.2 Å². The van der Waals surface area contributed by atoms with E-state index in [9.17, 15) is 8.42 Å². The number of rotatable bonds is 9. The predicted molar refractivity (Wildman–Crippen MR) is 96.0 cm³/mol. The fraction of sp³-hybridized carbons (Fsp3) is 0.333. The summed E-state index contributed by atoms with van der Waals surface area (Å²) in [5.74, 6) is 1.64. The van der Waals surface area contributed by atoms with Crippen molar-refractivity contribution < 1.29 is 22.6 Å². The Morgan fingerprint density at radius 2 is 1.64 bits per heavy atom. The Balaban J connectivity index is 1.95. The highest BCUT2D eigenvalue weighted by Crippen LogP contribution is 2.32. The van der Waals surface area contributed by atoms with Gasteiger partial charge in [-0.15, -0.1) is 0 Å². The quantitative estimate of drug-likeness (QED) is 0.692. The molecule has 2 aromatic rings. The first-order chi connectivity index (χ1) is 12.0. The van der Waals surface area contributed by atoms with Crippen molar-refractivity contribution in [2.24, 2.45) is 0 Å². The summed E-state index contributed by atoms with van der Waals surface area (Å²) in [4.78, 5) is 0.175. The lowest BCUT2D eigenvalue weighted by Gasteiger charge is -2.14. The van der Waals surface area contributed by atoms with Crippen LogP contribution in [0.2, 0.25) is 0 Å². The van der Waals surface area contributed by atoms with Crippen LogP contribution in [0.15, 0.2) is 47.4 Å². The van der Waals surface area contributed by atoms with Crippen molar-refractivity contribution in [1.29, 1.82) is 0 Å². The second-order valence-electron chi connectivity index (χ2n) is 5.39. The average Bonchev–Trinajstić information content (AvgIpc) is 2.61. The molecule has 0 radical (unpaired) electrons. The predicted octanol–water partition coefficient (Wildman–Crippen LogP) is 2.76. The molecule has 0 atom stereocenters. The monoisotopic (exact) mass is 365 g/mol. The van der Waals surface area contributed by atoms with Gasteiger partial charge in [0.2, 0.25) is 10.0 Å². The summed E-state index contributed by atoms with van der Waals surface area (Å²) in [6.45, 7) is 2.43. The summed E-state index contributed by atoms with van der Waals surface area (Å²) in [5.41, 5.74) is 0.589. The van der Waals surface area contributed by atoms with Crippen LogP contribution in [0.3, 0.4) is 0 Å². The molecule has 7 heteroatoms. The van der Waals surface area contributed by atoms with Crippen LogP contribution in [-0.2, 0) is 10.0 Å². The molecule has 0 aromatic heterocycles. The lowest BCUT2D eigenvalue weighted by atomic mass is 10.2. The van der Waals surface area contributed by atoms with Crippen molar-refractivity contribution in [2.45, 2.75) is 18.2 Å². The third-order valence-corrected chi connectivity index (χ3v) is 5.20. The van der Waals surface area contributed by atoms with E-state index in [1.807, 2.05) is 30.3 Å². The van der Waals surface area contributed by atoms with E-state index in [-0.39, 0.29) is 11.4 Å². The lowest BCUT2D eigenvalue weighted by Crippen LogP contribution is -2.26. The van der Waals surface area contributed by atoms with E-state index in [1.54, 1.807) is 13.0 Å². The molecule has 0 amide bonds. The number of hydrogen-bond acceptors (Lipinski definition) is 5. The highest BCUT2D eigenvalue weighted by Gasteiger charge is 2.19. The van der Waals surface area contributed by atoms with E-state index in [2.05, 4.69) is 4.72 Å². The van der Waals surface area contributed by atoms with Crippen LogP contribution < -0.4 is 18.9 Å². The third kappa shape index (κ3) is 5.11. The van der Waals surface area contributed by atoms with Crippen molar-refractivity contribution in [1.82, 2.24) is 4.72 Å². The van der Waals surface area contributed by atoms with Crippen molar-refractivity contribution in [2.75, 3.05) is 27.4 Å². The highest BCUT2D eigenvalue weighted by atomic mass is 32.2. The Bertz CT molecular complexity index is 791. The van der Waals surface area contributed by atoms with Crippen LogP contribution >= 0.6 is 0 Å². The molecule has 6 nitrogen and oxygen atoms in total. The normalized spacial score (nSPS) is 11.2. The van der Waals surface area contributed by atoms with Crippen molar-refractivity contribution >= 4 is 10.0 Å². The molecule has 0 aliphatic heterocycles. The second kappa shape index (κ2) is 8.73. The Labute approximate surface area is 148 Å². The van der Waals surface area contributed by atoms with Crippen LogP contribution in [-0.4, -0.2) is 35.8 Å². The highest BCUT2D eigenvalue weighted by molar-refractivity contribution is 7.89. The SMILES string of the molecule is COc1cc(C)c(S(=O)(=O)NCCCOc2ccccc2)cc1OC. The zero-order chi connectivity index (χ0) is 18.3. The maximum atomic E-state index is 12.5. The van der Waals surface area contributed by atoms with Gasteiger partial charge >= 0.3 is 0 Å². The fourth-order valence-electron chi connectivity index (χ4n) is 2.31. The minimum Gasteiger partial charge on any atom is -0.494 e. The number of benzene rings is 2. The molecule has 0 heterocycles. The summed E-state index contributed by atoms with van der Waals surface area (Å²) in [7, 11) is -0.654. The largest absolute Gasteiger partial charge is 0.494 e. The third-order valence-electron chi connectivity index (χ3n) is 3.60. The Morgan fingerprint density at radius 1 is 1.00 bits per heavy atom. The van der Waals surface area contributed by atoms with Crippen LogP contribution in [0.25, 0.3) is 0 Å². The van der Waals surface area contributed by atoms with Gasteiger partial charge < -0.3 is 14.2 Å². The molecule has 136 valence electrons. The van der Waals surface area contributed by atoms with Gasteiger partial charge in [-0.3, -0.25) is 0 Å². The maximum absolute atomic E-state index is 12.5. The summed E-state index contributed by atoms with van der Waals surface area (Å²) in [6, 6.07) is 12.5. The van der Waals surface area contributed by atoms with Gasteiger partial charge in [-0.1, -0.05) is 18.2 Å². The summed E-state index contributed by atoms with van der Waals surface area (Å²) < 4.78 is 43.5. The zero-order valence-corrected chi connectivity index (χ0v) is 15.4. The molecule has 1 N–H and O–H groups in total. The van der Waals surface area contributed by atoms with Crippen molar-refractivity contribution in [3.05, 3.63) is 48.0 Å². The standard InChI is InChI=1S/C18H23NO5S/c1-14-12-16(22-2)17(23-3)13-18(14)25(20,21)19-10-7-11-24-15-8-5-4-6-9-15/h4-6,8-9,12-13,19H,7,10-11H2,1-3H3. The number of ether oxygens (including phenoxy) is 3. The summed E-state index contributed by atoms with van der Waals surface area (Å²) in [5, 5.41) is 0. The molecule has 2 aromatic carbocycles. The Kier molecular flexibility index (Phi) is 6.66. The minimum atomic E-state index is -3.63.